The van der Waals surface area contributed by atoms with Gasteiger partial charge in [0.2, 0.25) is 0 Å². The summed E-state index contributed by atoms with van der Waals surface area (Å²) in [6.45, 7) is 4.24. The maximum absolute atomic E-state index is 5.62. The molecule has 102 valence electrons. The lowest BCUT2D eigenvalue weighted by Gasteiger charge is -2.21. The maximum Gasteiger partial charge on any atom is 0.126 e. The quantitative estimate of drug-likeness (QED) is 0.894. The molecule has 3 heteroatoms. The van der Waals surface area contributed by atoms with Crippen LogP contribution in [0.2, 0.25) is 0 Å². The van der Waals surface area contributed by atoms with Crippen molar-refractivity contribution >= 4 is 11.3 Å². The summed E-state index contributed by atoms with van der Waals surface area (Å²) in [5, 5.41) is 5.53. The number of nitrogens with one attached hydrogen (secondary N) is 1. The van der Waals surface area contributed by atoms with Gasteiger partial charge in [-0.1, -0.05) is 18.2 Å². The Morgan fingerprint density at radius 3 is 2.63 bits per heavy atom. The number of benzene rings is 1. The van der Waals surface area contributed by atoms with Crippen LogP contribution in [0.25, 0.3) is 0 Å². The minimum Gasteiger partial charge on any atom is -0.496 e. The number of aryl methyl sites for hydroxylation is 1. The van der Waals surface area contributed by atoms with Crippen molar-refractivity contribution in [3.05, 3.63) is 51.2 Å². The Kier molecular flexibility index (Phi) is 4.61. The molecule has 0 aliphatic heterocycles. The SMILES string of the molecule is CNC(Cc1cccs1)c1ccc(C)c(C)c1OC. The van der Waals surface area contributed by atoms with Gasteiger partial charge in [-0.15, -0.1) is 11.3 Å². The first kappa shape index (κ1) is 14.1. The van der Waals surface area contributed by atoms with Crippen LogP contribution in [0.4, 0.5) is 0 Å². The van der Waals surface area contributed by atoms with Gasteiger partial charge in [0.05, 0.1) is 7.11 Å². The smallest absolute Gasteiger partial charge is 0.126 e. The topological polar surface area (TPSA) is 21.3 Å². The van der Waals surface area contributed by atoms with Gasteiger partial charge in [-0.05, 0) is 43.5 Å². The Morgan fingerprint density at radius 1 is 1.26 bits per heavy atom. The third kappa shape index (κ3) is 2.99. The van der Waals surface area contributed by atoms with E-state index in [-0.39, 0.29) is 6.04 Å². The van der Waals surface area contributed by atoms with E-state index in [4.69, 9.17) is 4.74 Å². The Balaban J connectivity index is 2.35. The number of hydrogen-bond acceptors (Lipinski definition) is 3. The molecule has 1 aromatic carbocycles. The molecule has 1 atom stereocenters. The molecule has 0 bridgehead atoms. The molecule has 2 aromatic rings. The van der Waals surface area contributed by atoms with Gasteiger partial charge in [0.25, 0.3) is 0 Å². The lowest BCUT2D eigenvalue weighted by atomic mass is 9.97. The van der Waals surface area contributed by atoms with E-state index in [1.54, 1.807) is 18.4 Å². The summed E-state index contributed by atoms with van der Waals surface area (Å²) < 4.78 is 5.62. The highest BCUT2D eigenvalue weighted by molar-refractivity contribution is 7.09. The number of methoxy groups -OCH3 is 1. The molecule has 1 unspecified atom stereocenters. The molecule has 0 aliphatic carbocycles. The number of rotatable bonds is 5. The molecule has 0 aliphatic rings. The summed E-state index contributed by atoms with van der Waals surface area (Å²) in [6, 6.07) is 8.92. The van der Waals surface area contributed by atoms with E-state index in [2.05, 4.69) is 48.8 Å². The number of hydrogen-bond donors (Lipinski definition) is 1. The summed E-state index contributed by atoms with van der Waals surface area (Å²) in [6.07, 6.45) is 0.993. The first-order chi connectivity index (χ1) is 9.17. The van der Waals surface area contributed by atoms with Crippen LogP contribution in [0, 0.1) is 13.8 Å². The van der Waals surface area contributed by atoms with Crippen LogP contribution in [0.1, 0.15) is 27.6 Å². The van der Waals surface area contributed by atoms with E-state index < -0.39 is 0 Å². The van der Waals surface area contributed by atoms with Crippen molar-refractivity contribution in [2.75, 3.05) is 14.2 Å². The molecule has 0 radical (unpaired) electrons. The zero-order valence-electron chi connectivity index (χ0n) is 12.0. The predicted octanol–water partition coefficient (Wildman–Crippen LogP) is 3.88. The van der Waals surface area contributed by atoms with Gasteiger partial charge in [-0.3, -0.25) is 0 Å². The highest BCUT2D eigenvalue weighted by Gasteiger charge is 2.17. The fourth-order valence-electron chi connectivity index (χ4n) is 2.35. The molecule has 0 spiro atoms. The van der Waals surface area contributed by atoms with E-state index in [0.29, 0.717) is 0 Å². The number of ether oxygens (including phenoxy) is 1. The van der Waals surface area contributed by atoms with Crippen LogP contribution in [0.15, 0.2) is 29.6 Å². The van der Waals surface area contributed by atoms with Crippen molar-refractivity contribution < 1.29 is 4.74 Å². The summed E-state index contributed by atoms with van der Waals surface area (Å²) in [5.74, 6) is 1.01. The van der Waals surface area contributed by atoms with Gasteiger partial charge < -0.3 is 10.1 Å². The van der Waals surface area contributed by atoms with E-state index in [1.807, 2.05) is 7.05 Å². The fraction of sp³-hybridized carbons (Fsp3) is 0.375. The molecular formula is C16H21NOS. The van der Waals surface area contributed by atoms with Gasteiger partial charge in [0, 0.05) is 22.9 Å². The molecule has 1 N–H and O–H groups in total. The average molecular weight is 275 g/mol. The van der Waals surface area contributed by atoms with Crippen molar-refractivity contribution in [1.82, 2.24) is 5.32 Å². The van der Waals surface area contributed by atoms with Crippen molar-refractivity contribution in [2.45, 2.75) is 26.3 Å². The molecule has 2 rings (SSSR count). The molecule has 0 saturated heterocycles. The first-order valence-corrected chi connectivity index (χ1v) is 7.39. The highest BCUT2D eigenvalue weighted by Crippen LogP contribution is 2.32. The Hall–Kier alpha value is -1.32. The second-order valence-corrected chi connectivity index (χ2v) is 5.79. The summed E-state index contributed by atoms with van der Waals surface area (Å²) >= 11 is 1.80. The van der Waals surface area contributed by atoms with Crippen LogP contribution >= 0.6 is 11.3 Å². The summed E-state index contributed by atoms with van der Waals surface area (Å²) in [5.41, 5.74) is 3.74. The Labute approximate surface area is 119 Å². The van der Waals surface area contributed by atoms with Crippen LogP contribution in [0.3, 0.4) is 0 Å². The summed E-state index contributed by atoms with van der Waals surface area (Å²) in [4.78, 5) is 1.39. The molecule has 0 amide bonds. The number of thiophene rings is 1. The highest BCUT2D eigenvalue weighted by atomic mass is 32.1. The van der Waals surface area contributed by atoms with Crippen molar-refractivity contribution in [3.63, 3.8) is 0 Å². The zero-order chi connectivity index (χ0) is 13.8. The second-order valence-electron chi connectivity index (χ2n) is 4.75. The van der Waals surface area contributed by atoms with E-state index in [9.17, 15) is 0 Å². The lowest BCUT2D eigenvalue weighted by molar-refractivity contribution is 0.398. The predicted molar refractivity (Wildman–Crippen MR) is 82.3 cm³/mol. The van der Waals surface area contributed by atoms with Gasteiger partial charge in [-0.25, -0.2) is 0 Å². The molecule has 0 saturated carbocycles. The third-order valence-corrected chi connectivity index (χ3v) is 4.52. The largest absolute Gasteiger partial charge is 0.496 e. The molecule has 2 nitrogen and oxygen atoms in total. The van der Waals surface area contributed by atoms with Crippen LogP contribution in [0.5, 0.6) is 5.75 Å². The molecule has 19 heavy (non-hydrogen) atoms. The third-order valence-electron chi connectivity index (χ3n) is 3.62. The summed E-state index contributed by atoms with van der Waals surface area (Å²) in [7, 11) is 3.76. The van der Waals surface area contributed by atoms with Crippen LogP contribution < -0.4 is 10.1 Å². The van der Waals surface area contributed by atoms with Crippen LogP contribution in [-0.2, 0) is 6.42 Å². The Bertz CT molecular complexity index is 534. The van der Waals surface area contributed by atoms with Gasteiger partial charge in [0.1, 0.15) is 5.75 Å². The zero-order valence-corrected chi connectivity index (χ0v) is 12.8. The van der Waals surface area contributed by atoms with E-state index in [1.165, 1.54) is 21.6 Å². The fourth-order valence-corrected chi connectivity index (χ4v) is 3.11. The average Bonchev–Trinajstić information content (AvgIpc) is 2.92. The standard InChI is InChI=1S/C16H21NOS/c1-11-7-8-14(16(18-4)12(11)2)15(17-3)10-13-6-5-9-19-13/h5-9,15,17H,10H2,1-4H3. The maximum atomic E-state index is 5.62. The van der Waals surface area contributed by atoms with Crippen LogP contribution in [-0.4, -0.2) is 14.2 Å². The first-order valence-electron chi connectivity index (χ1n) is 6.51. The normalized spacial score (nSPS) is 12.4. The number of likely N-dealkylation sites (N-methyl/N-ethyl adjacent to an activating group) is 1. The minimum atomic E-state index is 0.285. The van der Waals surface area contributed by atoms with Crippen molar-refractivity contribution in [2.24, 2.45) is 0 Å². The van der Waals surface area contributed by atoms with Gasteiger partial charge in [0.15, 0.2) is 0 Å². The Morgan fingerprint density at radius 2 is 2.05 bits per heavy atom. The molecule has 0 fully saturated rings. The second kappa shape index (κ2) is 6.22. The van der Waals surface area contributed by atoms with Crippen molar-refractivity contribution in [1.29, 1.82) is 0 Å². The molecular weight excluding hydrogens is 254 g/mol. The van der Waals surface area contributed by atoms with Gasteiger partial charge in [-0.2, -0.15) is 0 Å². The van der Waals surface area contributed by atoms with E-state index >= 15 is 0 Å². The lowest BCUT2D eigenvalue weighted by Crippen LogP contribution is -2.19. The monoisotopic (exact) mass is 275 g/mol. The molecule has 1 aromatic heterocycles. The minimum absolute atomic E-state index is 0.285. The van der Waals surface area contributed by atoms with E-state index in [0.717, 1.165) is 12.2 Å². The van der Waals surface area contributed by atoms with Gasteiger partial charge >= 0.3 is 0 Å². The van der Waals surface area contributed by atoms with Crippen molar-refractivity contribution in [3.8, 4) is 5.75 Å². The molecule has 1 heterocycles.